The Morgan fingerprint density at radius 1 is 1.18 bits per heavy atom. The Labute approximate surface area is 204 Å². The molecule has 0 saturated carbocycles. The number of pyridine rings is 1. The topological polar surface area (TPSA) is 126 Å². The van der Waals surface area contributed by atoms with Crippen LogP contribution in [-0.4, -0.2) is 41.1 Å². The van der Waals surface area contributed by atoms with Crippen molar-refractivity contribution in [2.45, 2.75) is 6.18 Å². The fourth-order valence-electron chi connectivity index (χ4n) is 3.14. The zero-order chi connectivity index (χ0) is 25.0. The van der Waals surface area contributed by atoms with Crippen LogP contribution in [0.2, 0.25) is 5.02 Å². The van der Waals surface area contributed by atoms with Gasteiger partial charge in [-0.1, -0.05) is 39.7 Å². The summed E-state index contributed by atoms with van der Waals surface area (Å²) in [5.74, 6) is -3.16. The molecule has 4 aromatic rings. The largest absolute Gasteiger partial charge is 0.542 e. The maximum absolute atomic E-state index is 12.7. The van der Waals surface area contributed by atoms with Crippen molar-refractivity contribution in [1.82, 2.24) is 15.3 Å². The monoisotopic (exact) mass is 556 g/mol. The van der Waals surface area contributed by atoms with Crippen molar-refractivity contribution in [3.63, 3.8) is 0 Å². The van der Waals surface area contributed by atoms with E-state index in [9.17, 15) is 18.0 Å². The molecular formula is C22H17BrClF3N4O3. The summed E-state index contributed by atoms with van der Waals surface area (Å²) in [6.07, 6.45) is -3.29. The number of halogens is 5. The highest BCUT2D eigenvalue weighted by atomic mass is 79.9. The summed E-state index contributed by atoms with van der Waals surface area (Å²) in [6, 6.07) is 13.3. The molecule has 34 heavy (non-hydrogen) atoms. The second kappa shape index (κ2) is 10.4. The molecule has 0 aliphatic rings. The number of rotatable bonds is 4. The number of aromatic amines is 1. The van der Waals surface area contributed by atoms with Crippen LogP contribution in [0, 0.1) is 0 Å². The van der Waals surface area contributed by atoms with Crippen molar-refractivity contribution in [2.24, 2.45) is 0 Å². The number of carboxylic acid groups (broad SMARTS) is 1. The van der Waals surface area contributed by atoms with E-state index in [4.69, 9.17) is 26.5 Å². The predicted octanol–water partition coefficient (Wildman–Crippen LogP) is 3.07. The van der Waals surface area contributed by atoms with Crippen molar-refractivity contribution < 1.29 is 33.6 Å². The molecule has 5 N–H and O–H groups in total. The standard InChI is InChI=1S/C20H16BrClN4O.C2HF3O2/c21-11-4-5-17-13(8-11)15(10-25-17)18-9-14(20(27)24-7-6-23)12-2-1-3-16(22)19(12)26-18;3-2(4,5)1(6)7/h1-5,8-10,25H,6-7,23H2,(H,24,27);(H,6,7). The second-order valence-electron chi connectivity index (χ2n) is 6.98. The Hall–Kier alpha value is -3.15. The number of carbonyl (C=O) groups excluding carboxylic acids is 2. The summed E-state index contributed by atoms with van der Waals surface area (Å²) in [5.41, 5.74) is 7.54. The quantitative estimate of drug-likeness (QED) is 0.357. The lowest BCUT2D eigenvalue weighted by atomic mass is 10.0. The maximum Gasteiger partial charge on any atom is 0.430 e. The smallest absolute Gasteiger partial charge is 0.430 e. The number of H-pyrrole nitrogens is 1. The molecule has 0 spiro atoms. The molecule has 0 aliphatic carbocycles. The number of hydrogen-bond acceptors (Lipinski definition) is 4. The summed E-state index contributed by atoms with van der Waals surface area (Å²) in [7, 11) is 0. The highest BCUT2D eigenvalue weighted by Gasteiger charge is 2.28. The molecule has 2 heterocycles. The van der Waals surface area contributed by atoms with Crippen LogP contribution in [0.3, 0.4) is 0 Å². The van der Waals surface area contributed by atoms with Crippen LogP contribution in [0.1, 0.15) is 10.4 Å². The van der Waals surface area contributed by atoms with Crippen LogP contribution in [0.25, 0.3) is 33.1 Å². The van der Waals surface area contributed by atoms with Crippen molar-refractivity contribution in [3.8, 4) is 11.3 Å². The van der Waals surface area contributed by atoms with Gasteiger partial charge < -0.3 is 25.9 Å². The molecule has 1 amide bonds. The molecule has 0 unspecified atom stereocenters. The predicted molar refractivity (Wildman–Crippen MR) is 123 cm³/mol. The van der Waals surface area contributed by atoms with E-state index in [-0.39, 0.29) is 5.91 Å². The van der Waals surface area contributed by atoms with Gasteiger partial charge in [-0.25, -0.2) is 4.98 Å². The van der Waals surface area contributed by atoms with Gasteiger partial charge in [0.1, 0.15) is 5.97 Å². The first-order valence-corrected chi connectivity index (χ1v) is 10.9. The number of nitrogens with one attached hydrogen (secondary N) is 2. The minimum Gasteiger partial charge on any atom is -0.542 e. The van der Waals surface area contributed by atoms with Gasteiger partial charge in [0, 0.05) is 32.5 Å². The summed E-state index contributed by atoms with van der Waals surface area (Å²) in [5, 5.41) is 13.9. The Kier molecular flexibility index (Phi) is 7.80. The Morgan fingerprint density at radius 2 is 1.88 bits per heavy atom. The third kappa shape index (κ3) is 5.66. The van der Waals surface area contributed by atoms with Crippen LogP contribution in [0.4, 0.5) is 13.2 Å². The number of para-hydroxylation sites is 1. The van der Waals surface area contributed by atoms with E-state index in [1.807, 2.05) is 42.6 Å². The third-order valence-electron chi connectivity index (χ3n) is 4.65. The summed E-state index contributed by atoms with van der Waals surface area (Å²) in [4.78, 5) is 29.5. The van der Waals surface area contributed by atoms with Gasteiger partial charge >= 0.3 is 6.18 Å². The molecule has 0 fully saturated rings. The van der Waals surface area contributed by atoms with E-state index in [1.165, 1.54) is 0 Å². The summed E-state index contributed by atoms with van der Waals surface area (Å²) in [6.45, 7) is 1.14. The Balaban J connectivity index is 0.000000406. The minimum atomic E-state index is -5.19. The number of alkyl halides is 3. The number of hydrogen-bond donors (Lipinski definition) is 3. The van der Waals surface area contributed by atoms with E-state index in [2.05, 4.69) is 32.0 Å². The number of carboxylic acids is 1. The SMILES string of the molecule is O=C([O-])C(F)(F)F.[NH3+]CCNC(=O)c1cc(-c2c[nH]c3ccc(Br)cc23)nc2c(Cl)cccc12. The Morgan fingerprint density at radius 3 is 2.53 bits per heavy atom. The van der Waals surface area contributed by atoms with E-state index >= 15 is 0 Å². The Bertz CT molecular complexity index is 1380. The van der Waals surface area contributed by atoms with Crippen LogP contribution >= 0.6 is 27.5 Å². The molecule has 0 radical (unpaired) electrons. The normalized spacial score (nSPS) is 11.2. The fraction of sp³-hybridized carbons (Fsp3) is 0.136. The molecule has 0 bridgehead atoms. The minimum absolute atomic E-state index is 0.157. The lowest BCUT2D eigenvalue weighted by Gasteiger charge is -2.10. The zero-order valence-corrected chi connectivity index (χ0v) is 19.6. The molecule has 7 nitrogen and oxygen atoms in total. The zero-order valence-electron chi connectivity index (χ0n) is 17.3. The highest BCUT2D eigenvalue weighted by molar-refractivity contribution is 9.10. The number of amides is 1. The van der Waals surface area contributed by atoms with Crippen LogP contribution in [-0.2, 0) is 4.79 Å². The maximum atomic E-state index is 12.7. The lowest BCUT2D eigenvalue weighted by Crippen LogP contribution is -2.54. The van der Waals surface area contributed by atoms with Gasteiger partial charge in [-0.3, -0.25) is 4.79 Å². The molecule has 0 aliphatic heterocycles. The molecule has 0 saturated heterocycles. The van der Waals surface area contributed by atoms with E-state index in [1.54, 1.807) is 6.07 Å². The third-order valence-corrected chi connectivity index (χ3v) is 5.45. The van der Waals surface area contributed by atoms with Gasteiger partial charge in [0.25, 0.3) is 5.91 Å². The number of aromatic nitrogens is 2. The van der Waals surface area contributed by atoms with Gasteiger partial charge in [-0.2, -0.15) is 13.2 Å². The average Bonchev–Trinajstić information content (AvgIpc) is 3.20. The molecular weight excluding hydrogens is 541 g/mol. The summed E-state index contributed by atoms with van der Waals surface area (Å²) < 4.78 is 32.5. The van der Waals surface area contributed by atoms with Gasteiger partial charge in [0.05, 0.1) is 34.9 Å². The van der Waals surface area contributed by atoms with Crippen molar-refractivity contribution in [1.29, 1.82) is 0 Å². The first-order valence-electron chi connectivity index (χ1n) is 9.74. The molecule has 2 aromatic carbocycles. The van der Waals surface area contributed by atoms with Crippen molar-refractivity contribution in [3.05, 3.63) is 63.7 Å². The van der Waals surface area contributed by atoms with Gasteiger partial charge in [0.15, 0.2) is 0 Å². The molecule has 0 atom stereocenters. The van der Waals surface area contributed by atoms with Crippen LogP contribution in [0.5, 0.6) is 0 Å². The first-order chi connectivity index (χ1) is 16.0. The fourth-order valence-corrected chi connectivity index (χ4v) is 3.72. The number of nitrogens with zero attached hydrogens (tertiary/aromatic N) is 1. The van der Waals surface area contributed by atoms with Crippen LogP contribution in [0.15, 0.2) is 53.1 Å². The molecule has 2 aromatic heterocycles. The first kappa shape index (κ1) is 25.5. The second-order valence-corrected chi connectivity index (χ2v) is 8.30. The number of fused-ring (bicyclic) bond motifs is 2. The average molecular weight is 558 g/mol. The number of benzene rings is 2. The number of carbonyl (C=O) groups is 2. The molecule has 4 rings (SSSR count). The van der Waals surface area contributed by atoms with E-state index in [0.29, 0.717) is 34.9 Å². The van der Waals surface area contributed by atoms with Gasteiger partial charge in [0.2, 0.25) is 0 Å². The van der Waals surface area contributed by atoms with Gasteiger partial charge in [-0.15, -0.1) is 0 Å². The van der Waals surface area contributed by atoms with E-state index < -0.39 is 12.1 Å². The van der Waals surface area contributed by atoms with Crippen LogP contribution < -0.4 is 16.2 Å². The van der Waals surface area contributed by atoms with Crippen molar-refractivity contribution >= 4 is 61.2 Å². The van der Waals surface area contributed by atoms with Gasteiger partial charge in [-0.05, 0) is 30.3 Å². The lowest BCUT2D eigenvalue weighted by molar-refractivity contribution is -0.364. The summed E-state index contributed by atoms with van der Waals surface area (Å²) >= 11 is 9.91. The number of quaternary nitrogens is 1. The van der Waals surface area contributed by atoms with E-state index in [0.717, 1.165) is 26.3 Å². The molecule has 178 valence electrons. The van der Waals surface area contributed by atoms with Crippen molar-refractivity contribution in [2.75, 3.05) is 13.1 Å². The molecule has 12 heteroatoms. The number of aliphatic carboxylic acids is 1. The highest BCUT2D eigenvalue weighted by Crippen LogP contribution is 2.33.